The lowest BCUT2D eigenvalue weighted by Gasteiger charge is -2.12. The summed E-state index contributed by atoms with van der Waals surface area (Å²) in [5.74, 6) is 1.15. The fraction of sp³-hybridized carbons (Fsp3) is 0.136. The number of nitrogens with two attached hydrogens (primary N) is 1. The van der Waals surface area contributed by atoms with Crippen LogP contribution in [0, 0.1) is 0 Å². The lowest BCUT2D eigenvalue weighted by atomic mass is 10.1. The van der Waals surface area contributed by atoms with Crippen molar-refractivity contribution in [2.45, 2.75) is 13.2 Å². The molecule has 5 heteroatoms. The van der Waals surface area contributed by atoms with Crippen LogP contribution in [-0.4, -0.2) is 13.0 Å². The van der Waals surface area contributed by atoms with Gasteiger partial charge in [0.05, 0.1) is 12.7 Å². The van der Waals surface area contributed by atoms with Crippen LogP contribution in [0.25, 0.3) is 0 Å². The number of hydrogen-bond donors (Lipinski definition) is 1. The highest BCUT2D eigenvalue weighted by atomic mass is 16.5. The minimum Gasteiger partial charge on any atom is -0.497 e. The summed E-state index contributed by atoms with van der Waals surface area (Å²) in [5, 5.41) is 0. The number of benzene rings is 3. The largest absolute Gasteiger partial charge is 0.497 e. The summed E-state index contributed by atoms with van der Waals surface area (Å²) in [7, 11) is 1.53. The van der Waals surface area contributed by atoms with E-state index in [-0.39, 0.29) is 12.2 Å². The standard InChI is InChI=1S/C22H21NO4/c1-25-18-10-11-21(20(13-18)22(23)24)27-15-17-8-5-9-19(12-17)26-14-16-6-3-2-4-7-16/h2-13H,14-15H2,1H3,(H2,23,24). The van der Waals surface area contributed by atoms with Crippen molar-refractivity contribution in [3.63, 3.8) is 0 Å². The van der Waals surface area contributed by atoms with Crippen LogP contribution in [0.2, 0.25) is 0 Å². The molecule has 2 N–H and O–H groups in total. The van der Waals surface area contributed by atoms with Crippen molar-refractivity contribution >= 4 is 5.91 Å². The smallest absolute Gasteiger partial charge is 0.252 e. The van der Waals surface area contributed by atoms with E-state index in [1.54, 1.807) is 18.2 Å². The van der Waals surface area contributed by atoms with E-state index in [0.29, 0.717) is 18.1 Å². The Labute approximate surface area is 158 Å². The second-order valence-electron chi connectivity index (χ2n) is 5.94. The molecule has 0 saturated heterocycles. The molecule has 3 rings (SSSR count). The first-order valence-corrected chi connectivity index (χ1v) is 8.52. The third-order valence-electron chi connectivity index (χ3n) is 3.99. The second kappa shape index (κ2) is 8.76. The lowest BCUT2D eigenvalue weighted by Crippen LogP contribution is -2.13. The Bertz CT molecular complexity index is 909. The average molecular weight is 363 g/mol. The molecule has 0 aliphatic rings. The van der Waals surface area contributed by atoms with Gasteiger partial charge in [-0.25, -0.2) is 0 Å². The highest BCUT2D eigenvalue weighted by Gasteiger charge is 2.11. The van der Waals surface area contributed by atoms with Gasteiger partial charge >= 0.3 is 0 Å². The summed E-state index contributed by atoms with van der Waals surface area (Å²) in [6.07, 6.45) is 0. The van der Waals surface area contributed by atoms with Crippen LogP contribution in [0.1, 0.15) is 21.5 Å². The van der Waals surface area contributed by atoms with Gasteiger partial charge in [0, 0.05) is 0 Å². The maximum absolute atomic E-state index is 11.6. The highest BCUT2D eigenvalue weighted by molar-refractivity contribution is 5.96. The molecule has 0 heterocycles. The molecule has 0 radical (unpaired) electrons. The molecule has 0 aromatic heterocycles. The minimum absolute atomic E-state index is 0.283. The molecule has 0 spiro atoms. The van der Waals surface area contributed by atoms with Gasteiger partial charge in [-0.05, 0) is 41.5 Å². The summed E-state index contributed by atoms with van der Waals surface area (Å²) in [6.45, 7) is 0.782. The van der Waals surface area contributed by atoms with Crippen LogP contribution in [-0.2, 0) is 13.2 Å². The van der Waals surface area contributed by atoms with Crippen molar-refractivity contribution in [3.8, 4) is 17.2 Å². The van der Waals surface area contributed by atoms with Crippen LogP contribution in [0.3, 0.4) is 0 Å². The van der Waals surface area contributed by atoms with Gasteiger partial charge in [-0.1, -0.05) is 42.5 Å². The van der Waals surface area contributed by atoms with Crippen molar-refractivity contribution in [1.29, 1.82) is 0 Å². The van der Waals surface area contributed by atoms with Crippen LogP contribution >= 0.6 is 0 Å². The summed E-state index contributed by atoms with van der Waals surface area (Å²) in [6, 6.07) is 22.6. The van der Waals surface area contributed by atoms with Crippen LogP contribution < -0.4 is 19.9 Å². The van der Waals surface area contributed by atoms with E-state index in [9.17, 15) is 4.79 Å². The predicted molar refractivity (Wildman–Crippen MR) is 103 cm³/mol. The summed E-state index contributed by atoms with van der Waals surface area (Å²) in [4.78, 5) is 11.6. The number of amides is 1. The molecule has 0 aliphatic heterocycles. The first kappa shape index (κ1) is 18.3. The molecule has 138 valence electrons. The molecule has 3 aromatic carbocycles. The first-order valence-electron chi connectivity index (χ1n) is 8.52. The zero-order valence-electron chi connectivity index (χ0n) is 15.1. The highest BCUT2D eigenvalue weighted by Crippen LogP contribution is 2.25. The minimum atomic E-state index is -0.566. The summed E-state index contributed by atoms with van der Waals surface area (Å²) < 4.78 is 16.7. The van der Waals surface area contributed by atoms with Crippen molar-refractivity contribution in [1.82, 2.24) is 0 Å². The molecule has 27 heavy (non-hydrogen) atoms. The second-order valence-corrected chi connectivity index (χ2v) is 5.94. The fourth-order valence-electron chi connectivity index (χ4n) is 2.58. The van der Waals surface area contributed by atoms with Gasteiger partial charge in [-0.3, -0.25) is 4.79 Å². The maximum atomic E-state index is 11.6. The SMILES string of the molecule is COc1ccc(OCc2cccc(OCc3ccccc3)c2)c(C(N)=O)c1. The van der Waals surface area contributed by atoms with Gasteiger partial charge in [0.1, 0.15) is 30.5 Å². The Morgan fingerprint density at radius 3 is 2.30 bits per heavy atom. The number of ether oxygens (including phenoxy) is 3. The quantitative estimate of drug-likeness (QED) is 0.658. The number of carbonyl (C=O) groups is 1. The van der Waals surface area contributed by atoms with Gasteiger partial charge in [-0.15, -0.1) is 0 Å². The average Bonchev–Trinajstić information content (AvgIpc) is 2.71. The molecule has 1 amide bonds. The van der Waals surface area contributed by atoms with Crippen LogP contribution in [0.4, 0.5) is 0 Å². The van der Waals surface area contributed by atoms with Gasteiger partial charge in [0.25, 0.3) is 5.91 Å². The van der Waals surface area contributed by atoms with Crippen molar-refractivity contribution in [2.24, 2.45) is 5.73 Å². The fourth-order valence-corrected chi connectivity index (χ4v) is 2.58. The Kier molecular flexibility index (Phi) is 5.94. The Morgan fingerprint density at radius 2 is 1.56 bits per heavy atom. The third kappa shape index (κ3) is 5.01. The summed E-state index contributed by atoms with van der Waals surface area (Å²) >= 11 is 0. The summed E-state index contributed by atoms with van der Waals surface area (Å²) in [5.41, 5.74) is 7.74. The van der Waals surface area contributed by atoms with Crippen molar-refractivity contribution in [2.75, 3.05) is 7.11 Å². The third-order valence-corrected chi connectivity index (χ3v) is 3.99. The topological polar surface area (TPSA) is 70.8 Å². The molecular formula is C22H21NO4. The van der Waals surface area contributed by atoms with E-state index >= 15 is 0 Å². The van der Waals surface area contributed by atoms with Crippen molar-refractivity contribution in [3.05, 3.63) is 89.5 Å². The molecule has 0 fully saturated rings. The Hall–Kier alpha value is -3.47. The van der Waals surface area contributed by atoms with Gasteiger partial charge < -0.3 is 19.9 Å². The lowest BCUT2D eigenvalue weighted by molar-refractivity contribution is 0.0995. The van der Waals surface area contributed by atoms with E-state index in [1.165, 1.54) is 7.11 Å². The van der Waals surface area contributed by atoms with Gasteiger partial charge in [-0.2, -0.15) is 0 Å². The molecule has 0 bridgehead atoms. The van der Waals surface area contributed by atoms with Gasteiger partial charge in [0.2, 0.25) is 0 Å². The van der Waals surface area contributed by atoms with Crippen molar-refractivity contribution < 1.29 is 19.0 Å². The molecular weight excluding hydrogens is 342 g/mol. The van der Waals surface area contributed by atoms with Gasteiger partial charge in [0.15, 0.2) is 0 Å². The van der Waals surface area contributed by atoms with E-state index in [1.807, 2.05) is 54.6 Å². The maximum Gasteiger partial charge on any atom is 0.252 e. The predicted octanol–water partition coefficient (Wildman–Crippen LogP) is 3.95. The molecule has 0 unspecified atom stereocenters. The number of rotatable bonds is 8. The number of carbonyl (C=O) groups excluding carboxylic acids is 1. The first-order chi connectivity index (χ1) is 13.2. The zero-order chi connectivity index (χ0) is 19.1. The molecule has 0 atom stereocenters. The van der Waals surface area contributed by atoms with E-state index in [2.05, 4.69) is 0 Å². The molecule has 0 saturated carbocycles. The van der Waals surface area contributed by atoms with Crippen LogP contribution in [0.15, 0.2) is 72.8 Å². The van der Waals surface area contributed by atoms with E-state index in [0.717, 1.165) is 16.9 Å². The van der Waals surface area contributed by atoms with E-state index < -0.39 is 5.91 Å². The monoisotopic (exact) mass is 363 g/mol. The zero-order valence-corrected chi connectivity index (χ0v) is 15.1. The molecule has 3 aromatic rings. The Morgan fingerprint density at radius 1 is 0.815 bits per heavy atom. The Balaban J connectivity index is 1.66. The molecule has 0 aliphatic carbocycles. The molecule has 5 nitrogen and oxygen atoms in total. The normalized spacial score (nSPS) is 10.3. The van der Waals surface area contributed by atoms with Crippen LogP contribution in [0.5, 0.6) is 17.2 Å². The number of methoxy groups -OCH3 is 1. The number of hydrogen-bond acceptors (Lipinski definition) is 4. The van der Waals surface area contributed by atoms with E-state index in [4.69, 9.17) is 19.9 Å². The number of primary amides is 1.